The van der Waals surface area contributed by atoms with Crippen molar-refractivity contribution in [3.05, 3.63) is 28.8 Å². The van der Waals surface area contributed by atoms with Gasteiger partial charge in [0.05, 0.1) is 5.56 Å². The third kappa shape index (κ3) is 2.30. The molecule has 0 aliphatic carbocycles. The molecule has 2 atom stereocenters. The largest absolute Gasteiger partial charge is 0.507 e. The van der Waals surface area contributed by atoms with Crippen molar-refractivity contribution in [2.75, 3.05) is 19.6 Å². The lowest BCUT2D eigenvalue weighted by Crippen LogP contribution is -2.48. The third-order valence-electron chi connectivity index (χ3n) is 4.13. The van der Waals surface area contributed by atoms with E-state index in [0.717, 1.165) is 26.1 Å². The van der Waals surface area contributed by atoms with Crippen LogP contribution in [0.25, 0.3) is 0 Å². The number of phenols is 1. The summed E-state index contributed by atoms with van der Waals surface area (Å²) >= 11 is 5.92. The molecule has 2 aliphatic heterocycles. The molecular formula is C14H17ClN2O2. The van der Waals surface area contributed by atoms with E-state index in [1.807, 2.05) is 4.90 Å². The number of hydrogen-bond acceptors (Lipinski definition) is 3. The number of rotatable bonds is 1. The summed E-state index contributed by atoms with van der Waals surface area (Å²) in [7, 11) is 0. The first-order chi connectivity index (χ1) is 9.16. The number of fused-ring (bicyclic) bond motifs is 1. The molecule has 3 rings (SSSR count). The van der Waals surface area contributed by atoms with Crippen LogP contribution in [0, 0.1) is 5.92 Å². The lowest BCUT2D eigenvalue weighted by molar-refractivity contribution is 0.0572. The molecule has 0 radical (unpaired) electrons. The maximum atomic E-state index is 12.6. The monoisotopic (exact) mass is 280 g/mol. The van der Waals surface area contributed by atoms with Crippen molar-refractivity contribution < 1.29 is 9.90 Å². The second-order valence-corrected chi connectivity index (χ2v) is 5.72. The Morgan fingerprint density at radius 3 is 3.11 bits per heavy atom. The molecule has 2 fully saturated rings. The van der Waals surface area contributed by atoms with Crippen molar-refractivity contribution in [2.24, 2.45) is 5.92 Å². The van der Waals surface area contributed by atoms with Crippen molar-refractivity contribution in [3.63, 3.8) is 0 Å². The summed E-state index contributed by atoms with van der Waals surface area (Å²) in [6.07, 6.45) is 2.19. The zero-order valence-electron chi connectivity index (χ0n) is 10.6. The quantitative estimate of drug-likeness (QED) is 0.826. The van der Waals surface area contributed by atoms with E-state index in [4.69, 9.17) is 11.6 Å². The number of piperidine rings is 1. The molecule has 5 heteroatoms. The Kier molecular flexibility index (Phi) is 3.37. The van der Waals surface area contributed by atoms with E-state index in [1.165, 1.54) is 12.5 Å². The van der Waals surface area contributed by atoms with Crippen LogP contribution in [0.3, 0.4) is 0 Å². The Balaban J connectivity index is 1.88. The van der Waals surface area contributed by atoms with Gasteiger partial charge in [-0.15, -0.1) is 0 Å². The molecule has 2 N–H and O–H groups in total. The van der Waals surface area contributed by atoms with Gasteiger partial charge >= 0.3 is 0 Å². The van der Waals surface area contributed by atoms with E-state index in [2.05, 4.69) is 5.32 Å². The topological polar surface area (TPSA) is 52.6 Å². The first-order valence-electron chi connectivity index (χ1n) is 6.67. The summed E-state index contributed by atoms with van der Waals surface area (Å²) in [5.74, 6) is 0.430. The van der Waals surface area contributed by atoms with Crippen LogP contribution in [0.5, 0.6) is 5.75 Å². The van der Waals surface area contributed by atoms with E-state index in [1.54, 1.807) is 12.1 Å². The molecule has 2 saturated heterocycles. The second-order valence-electron chi connectivity index (χ2n) is 5.29. The average Bonchev–Trinajstić information content (AvgIpc) is 2.89. The van der Waals surface area contributed by atoms with Gasteiger partial charge in [0.25, 0.3) is 5.91 Å². The van der Waals surface area contributed by atoms with Gasteiger partial charge in [-0.3, -0.25) is 4.79 Å². The number of hydrogen-bond donors (Lipinski definition) is 2. The lowest BCUT2D eigenvalue weighted by atomic mass is 9.91. The SMILES string of the molecule is O=C(c1cc(Cl)ccc1O)N1CCCC2CNCC21. The van der Waals surface area contributed by atoms with Gasteiger partial charge in [0, 0.05) is 30.7 Å². The van der Waals surface area contributed by atoms with Crippen LogP contribution in [-0.4, -0.2) is 41.6 Å². The highest BCUT2D eigenvalue weighted by molar-refractivity contribution is 6.31. The minimum absolute atomic E-state index is 0.00230. The molecule has 0 spiro atoms. The smallest absolute Gasteiger partial charge is 0.257 e. The molecule has 19 heavy (non-hydrogen) atoms. The number of nitrogens with zero attached hydrogens (tertiary/aromatic N) is 1. The Bertz CT molecular complexity index is 506. The molecule has 1 amide bonds. The Hall–Kier alpha value is -1.26. The third-order valence-corrected chi connectivity index (χ3v) is 4.36. The Morgan fingerprint density at radius 2 is 2.26 bits per heavy atom. The van der Waals surface area contributed by atoms with Crippen LogP contribution in [0.1, 0.15) is 23.2 Å². The Morgan fingerprint density at radius 1 is 1.42 bits per heavy atom. The predicted octanol–water partition coefficient (Wildman–Crippen LogP) is 1.87. The molecule has 1 aromatic carbocycles. The standard InChI is InChI=1S/C14H17ClN2O2/c15-10-3-4-13(18)11(6-10)14(19)17-5-1-2-9-7-16-8-12(9)17/h3-4,6,9,12,16,18H,1-2,5,7-8H2. The van der Waals surface area contributed by atoms with Crippen LogP contribution in [0.4, 0.5) is 0 Å². The zero-order chi connectivity index (χ0) is 13.4. The number of likely N-dealkylation sites (tertiary alicyclic amines) is 1. The van der Waals surface area contributed by atoms with Gasteiger partial charge < -0.3 is 15.3 Å². The number of carbonyl (C=O) groups is 1. The highest BCUT2D eigenvalue weighted by Gasteiger charge is 2.38. The summed E-state index contributed by atoms with van der Waals surface area (Å²) < 4.78 is 0. The van der Waals surface area contributed by atoms with Crippen LogP contribution in [0.15, 0.2) is 18.2 Å². The maximum absolute atomic E-state index is 12.6. The highest BCUT2D eigenvalue weighted by atomic mass is 35.5. The molecule has 2 unspecified atom stereocenters. The van der Waals surface area contributed by atoms with Crippen molar-refractivity contribution in [1.82, 2.24) is 10.2 Å². The minimum atomic E-state index is -0.113. The number of halogens is 1. The molecule has 1 aromatic rings. The fraction of sp³-hybridized carbons (Fsp3) is 0.500. The molecule has 0 saturated carbocycles. The van der Waals surface area contributed by atoms with Gasteiger partial charge in [0.1, 0.15) is 5.75 Å². The molecule has 4 nitrogen and oxygen atoms in total. The predicted molar refractivity (Wildman–Crippen MR) is 73.5 cm³/mol. The van der Waals surface area contributed by atoms with E-state index in [9.17, 15) is 9.90 Å². The fourth-order valence-corrected chi connectivity index (χ4v) is 3.33. The van der Waals surface area contributed by atoms with Gasteiger partial charge in [-0.25, -0.2) is 0 Å². The van der Waals surface area contributed by atoms with E-state index >= 15 is 0 Å². The van der Waals surface area contributed by atoms with Crippen molar-refractivity contribution >= 4 is 17.5 Å². The van der Waals surface area contributed by atoms with Crippen LogP contribution in [0.2, 0.25) is 5.02 Å². The van der Waals surface area contributed by atoms with Crippen molar-refractivity contribution in [3.8, 4) is 5.75 Å². The maximum Gasteiger partial charge on any atom is 0.257 e. The summed E-state index contributed by atoms with van der Waals surface area (Å²) in [6.45, 7) is 2.58. The average molecular weight is 281 g/mol. The van der Waals surface area contributed by atoms with Crippen molar-refractivity contribution in [2.45, 2.75) is 18.9 Å². The van der Waals surface area contributed by atoms with Crippen LogP contribution >= 0.6 is 11.6 Å². The summed E-state index contributed by atoms with van der Waals surface area (Å²) in [5.41, 5.74) is 0.306. The second kappa shape index (κ2) is 5.02. The van der Waals surface area contributed by atoms with Gasteiger partial charge in [-0.2, -0.15) is 0 Å². The van der Waals surface area contributed by atoms with Gasteiger partial charge in [-0.1, -0.05) is 11.6 Å². The normalized spacial score (nSPS) is 26.3. The first-order valence-corrected chi connectivity index (χ1v) is 7.05. The first kappa shape index (κ1) is 12.8. The lowest BCUT2D eigenvalue weighted by Gasteiger charge is -2.37. The summed E-state index contributed by atoms with van der Waals surface area (Å²) in [4.78, 5) is 14.5. The number of phenolic OH excluding ortho intramolecular Hbond substituents is 1. The Labute approximate surface area is 117 Å². The van der Waals surface area contributed by atoms with Crippen molar-refractivity contribution in [1.29, 1.82) is 0 Å². The van der Waals surface area contributed by atoms with Crippen LogP contribution < -0.4 is 5.32 Å². The van der Waals surface area contributed by atoms with Crippen LogP contribution in [-0.2, 0) is 0 Å². The fourth-order valence-electron chi connectivity index (χ4n) is 3.15. The molecular weight excluding hydrogens is 264 g/mol. The molecule has 2 aliphatic rings. The molecule has 102 valence electrons. The number of benzene rings is 1. The zero-order valence-corrected chi connectivity index (χ0v) is 11.4. The van der Waals surface area contributed by atoms with E-state index < -0.39 is 0 Å². The molecule has 0 bridgehead atoms. The molecule has 2 heterocycles. The number of nitrogens with one attached hydrogen (secondary N) is 1. The highest BCUT2D eigenvalue weighted by Crippen LogP contribution is 2.30. The van der Waals surface area contributed by atoms with E-state index in [0.29, 0.717) is 16.5 Å². The summed E-state index contributed by atoms with van der Waals surface area (Å²) in [5, 5.41) is 13.7. The number of carbonyl (C=O) groups excluding carboxylic acids is 1. The van der Waals surface area contributed by atoms with Gasteiger partial charge in [0.15, 0.2) is 0 Å². The summed E-state index contributed by atoms with van der Waals surface area (Å²) in [6, 6.07) is 4.86. The number of aromatic hydroxyl groups is 1. The number of amides is 1. The van der Waals surface area contributed by atoms with Gasteiger partial charge in [0.2, 0.25) is 0 Å². The molecule has 0 aromatic heterocycles. The van der Waals surface area contributed by atoms with Gasteiger partial charge in [-0.05, 0) is 37.0 Å². The minimum Gasteiger partial charge on any atom is -0.507 e. The van der Waals surface area contributed by atoms with E-state index in [-0.39, 0.29) is 17.7 Å².